The third-order valence-electron chi connectivity index (χ3n) is 15.0. The molecule has 21 rings (SSSR count). The van der Waals surface area contributed by atoms with Crippen LogP contribution in [0.25, 0.3) is 0 Å². The summed E-state index contributed by atoms with van der Waals surface area (Å²) in [5.41, 5.74) is 0. The first-order valence-electron chi connectivity index (χ1n) is 24.6. The van der Waals surface area contributed by atoms with Crippen molar-refractivity contribution < 1.29 is 153 Å². The minimum Gasteiger partial charge on any atom is -0.394 e. The van der Waals surface area contributed by atoms with Crippen LogP contribution in [-0.4, -0.2) is 329 Å². The lowest BCUT2D eigenvalue weighted by Crippen LogP contribution is -2.67. The van der Waals surface area contributed by atoms with E-state index in [1.165, 1.54) is 0 Å². The van der Waals surface area contributed by atoms with E-state index in [4.69, 9.17) is 61.6 Å². The smallest absolute Gasteiger partial charge is 0.187 e. The van der Waals surface area contributed by atoms with Crippen LogP contribution in [-0.2, 0) is 61.6 Å². The van der Waals surface area contributed by atoms with Gasteiger partial charge in [-0.2, -0.15) is 0 Å². The Hall–Kier alpha value is -1.24. The van der Waals surface area contributed by atoms with Crippen molar-refractivity contribution in [1.29, 1.82) is 0 Å². The monoisotopic (exact) mass is 1080 g/mol. The second-order valence-corrected chi connectivity index (χ2v) is 19.8. The average molecular weight is 1090 g/mol. The van der Waals surface area contributed by atoms with Gasteiger partial charge in [0.2, 0.25) is 0 Å². The summed E-state index contributed by atoms with van der Waals surface area (Å²) < 4.78 is 75.9. The van der Waals surface area contributed by atoms with Gasteiger partial charge in [0.25, 0.3) is 0 Å². The van der Waals surface area contributed by atoms with Crippen molar-refractivity contribution in [1.82, 2.24) is 0 Å². The van der Waals surface area contributed by atoms with E-state index < -0.39 is 249 Å². The number of aliphatic hydroxyl groups excluding tert-OH is 18. The average Bonchev–Trinajstić information content (AvgIpc) is 3.38. The highest BCUT2D eigenvalue weighted by molar-refractivity contribution is 5.00. The molecule has 21 saturated heterocycles. The third-order valence-corrected chi connectivity index (χ3v) is 15.0. The molecule has 32 unspecified atom stereocenters. The van der Waals surface area contributed by atoms with Gasteiger partial charge in [-0.1, -0.05) is 0 Å². The van der Waals surface area contributed by atoms with Crippen molar-refractivity contribution in [2.75, 3.05) is 46.2 Å². The summed E-state index contributed by atoms with van der Waals surface area (Å²) in [7, 11) is 0. The van der Waals surface area contributed by atoms with E-state index in [0.29, 0.717) is 0 Å². The summed E-state index contributed by atoms with van der Waals surface area (Å²) in [6.45, 7) is -6.00. The molecule has 0 aromatic heterocycles. The fraction of sp³-hybridized carbons (Fsp3) is 1.00. The van der Waals surface area contributed by atoms with E-state index in [1.807, 2.05) is 0 Å². The van der Waals surface area contributed by atoms with Gasteiger partial charge in [-0.25, -0.2) is 0 Å². The van der Waals surface area contributed by atoms with Gasteiger partial charge < -0.3 is 153 Å². The quantitative estimate of drug-likeness (QED) is 0.113. The normalized spacial score (nSPS) is 54.1. The van der Waals surface area contributed by atoms with Crippen LogP contribution in [0.4, 0.5) is 0 Å². The highest BCUT2D eigenvalue weighted by Crippen LogP contribution is 2.40. The van der Waals surface area contributed by atoms with Crippen LogP contribution in [0.2, 0.25) is 0 Å². The Balaban J connectivity index is 1.05. The second kappa shape index (κ2) is 25.5. The molecule has 32 atom stereocenters. The zero-order valence-corrected chi connectivity index (χ0v) is 39.6. The molecule has 14 bridgehead atoms. The summed E-state index contributed by atoms with van der Waals surface area (Å²) >= 11 is 0. The second-order valence-electron chi connectivity index (χ2n) is 19.8. The minimum atomic E-state index is -2.14. The molecule has 0 radical (unpaired) electrons. The van der Waals surface area contributed by atoms with Crippen molar-refractivity contribution in [2.45, 2.75) is 216 Å². The van der Waals surface area contributed by atoms with Gasteiger partial charge in [0, 0.05) is 25.2 Å². The van der Waals surface area contributed by atoms with Crippen molar-refractivity contribution in [3.8, 4) is 0 Å². The van der Waals surface area contributed by atoms with Crippen LogP contribution < -0.4 is 0 Å². The van der Waals surface area contributed by atoms with Gasteiger partial charge in [0.15, 0.2) is 37.7 Å². The van der Waals surface area contributed by atoms with Gasteiger partial charge in [-0.3, -0.25) is 0 Å². The zero-order chi connectivity index (χ0) is 53.4. The topological polar surface area (TPSA) is 484 Å². The van der Waals surface area contributed by atoms with Crippen molar-refractivity contribution in [3.63, 3.8) is 0 Å². The molecule has 0 aromatic carbocycles. The number of rotatable bonds is 7. The maximum atomic E-state index is 11.4. The van der Waals surface area contributed by atoms with E-state index in [2.05, 4.69) is 0 Å². The zero-order valence-electron chi connectivity index (χ0n) is 39.6. The highest BCUT2D eigenvalue weighted by atomic mass is 16.8. The molecule has 74 heavy (non-hydrogen) atoms. The van der Waals surface area contributed by atoms with Crippen LogP contribution >= 0.6 is 0 Å². The third kappa shape index (κ3) is 12.1. The Bertz CT molecular complexity index is 1720. The SMILES string of the molecule is OCC1OC2CC3C(CO)OC(OC4C(CO)OC(OC5C(CO)OC(OC6C(CO)OC(OC7C(O)CC(OC7CO)OC7C(O)CC(OC1CC2O)OC7CO)C(O)C6O)C(O)C5O)C(O)C4O)C(O)C3O. The van der Waals surface area contributed by atoms with Crippen LogP contribution in [0.1, 0.15) is 25.7 Å². The van der Waals surface area contributed by atoms with Gasteiger partial charge in [0.1, 0.15) is 110 Å². The lowest BCUT2D eigenvalue weighted by Gasteiger charge is -2.49. The fourth-order valence-corrected chi connectivity index (χ4v) is 10.9. The summed E-state index contributed by atoms with van der Waals surface area (Å²) in [5, 5.41) is 197. The molecule has 18 N–H and O–H groups in total. The van der Waals surface area contributed by atoms with Crippen molar-refractivity contribution in [2.24, 2.45) is 5.92 Å². The highest BCUT2D eigenvalue weighted by Gasteiger charge is 2.57. The van der Waals surface area contributed by atoms with E-state index in [0.717, 1.165) is 0 Å². The molecule has 21 aliphatic heterocycles. The summed E-state index contributed by atoms with van der Waals surface area (Å²) in [6.07, 6.45) is -53.1. The van der Waals surface area contributed by atoms with Gasteiger partial charge in [-0.05, 0) is 6.42 Å². The molecule has 21 heterocycles. The maximum Gasteiger partial charge on any atom is 0.187 e. The van der Waals surface area contributed by atoms with E-state index in [-0.39, 0.29) is 19.3 Å². The molecule has 0 spiro atoms. The lowest BCUT2D eigenvalue weighted by molar-refractivity contribution is -0.392. The first-order chi connectivity index (χ1) is 35.4. The molecular weight excluding hydrogens is 1010 g/mol. The summed E-state index contributed by atoms with van der Waals surface area (Å²) in [4.78, 5) is 0. The molecule has 31 heteroatoms. The Morgan fingerprint density at radius 1 is 0.243 bits per heavy atom. The van der Waals surface area contributed by atoms with E-state index in [1.54, 1.807) is 0 Å². The summed E-state index contributed by atoms with van der Waals surface area (Å²) in [6, 6.07) is 0. The summed E-state index contributed by atoms with van der Waals surface area (Å²) in [5.74, 6) is -1.19. The Morgan fingerprint density at radius 2 is 0.581 bits per heavy atom. The molecule has 21 fully saturated rings. The fourth-order valence-electron chi connectivity index (χ4n) is 10.9. The number of aliphatic hydroxyl groups is 18. The Labute approximate surface area is 421 Å². The predicted molar refractivity (Wildman–Crippen MR) is 227 cm³/mol. The lowest BCUT2D eigenvalue weighted by atomic mass is 9.82. The molecule has 21 aliphatic rings. The van der Waals surface area contributed by atoms with Gasteiger partial charge in [0.05, 0.1) is 89.0 Å². The Kier molecular flexibility index (Phi) is 20.3. The maximum absolute atomic E-state index is 11.4. The molecule has 31 nitrogen and oxygen atoms in total. The number of ether oxygens (including phenoxy) is 13. The first kappa shape index (κ1) is 58.9. The Morgan fingerprint density at radius 3 is 0.986 bits per heavy atom. The van der Waals surface area contributed by atoms with Crippen LogP contribution in [0.15, 0.2) is 0 Å². The molecular formula is C43H72O31. The molecule has 0 amide bonds. The molecule has 0 aromatic rings. The first-order valence-corrected chi connectivity index (χ1v) is 24.6. The van der Waals surface area contributed by atoms with Gasteiger partial charge >= 0.3 is 0 Å². The molecule has 430 valence electrons. The van der Waals surface area contributed by atoms with Crippen LogP contribution in [0.3, 0.4) is 0 Å². The number of hydrogen-bond donors (Lipinski definition) is 18. The molecule has 0 aliphatic carbocycles. The van der Waals surface area contributed by atoms with E-state index >= 15 is 0 Å². The standard InChI is InChI=1S/C43H72O31/c44-5-18-12-1-16-13(51)2-17(19(6-45)62-16)63-25-3-14(52)35(20(7-46)64-25)70-26-4-15(53)36(21(8-47)65-26)71-41-32(59)28(55)38(22(9-48)67-41)73-43-34(61)30(57)39(24(11-50)69-43)74-42-33(60)29(56)37(23(10-49)68-42)72-40(66-18)31(58)27(12)54/h12-61H,1-11H2. The van der Waals surface area contributed by atoms with Crippen molar-refractivity contribution in [3.05, 3.63) is 0 Å². The van der Waals surface area contributed by atoms with E-state index in [9.17, 15) is 91.9 Å². The molecule has 0 saturated carbocycles. The van der Waals surface area contributed by atoms with Gasteiger partial charge in [-0.15, -0.1) is 0 Å². The van der Waals surface area contributed by atoms with Crippen molar-refractivity contribution >= 4 is 0 Å². The minimum absolute atomic E-state index is 0.225. The number of hydrogen-bond acceptors (Lipinski definition) is 31. The largest absolute Gasteiger partial charge is 0.394 e. The van der Waals surface area contributed by atoms with Crippen LogP contribution in [0.5, 0.6) is 0 Å². The van der Waals surface area contributed by atoms with Crippen LogP contribution in [0, 0.1) is 5.92 Å². The predicted octanol–water partition coefficient (Wildman–Crippen LogP) is -11.5.